The van der Waals surface area contributed by atoms with Crippen LogP contribution >= 0.6 is 0 Å². The topological polar surface area (TPSA) is 105 Å². The standard InChI is InChI=1S/C38H42N2O6/c1-24-8-12-31(39(41)42)22-35(24)45-33-14-10-29(20-26(33)3)37(5,6)28-16-18-38(7,19-17-28)30-11-15-34(27(4)21-30)46-36-23-32(40(43)44)13-9-25(36)2/h8-15,20-23,28H,16-19H2,1-7H3. The molecule has 0 heterocycles. The van der Waals surface area contributed by atoms with E-state index in [2.05, 4.69) is 45.0 Å². The highest BCUT2D eigenvalue weighted by molar-refractivity contribution is 5.49. The highest BCUT2D eigenvalue weighted by atomic mass is 16.6. The first-order valence-corrected chi connectivity index (χ1v) is 15.8. The van der Waals surface area contributed by atoms with Crippen molar-refractivity contribution < 1.29 is 19.3 Å². The summed E-state index contributed by atoms with van der Waals surface area (Å²) in [5.74, 6) is 2.89. The maximum atomic E-state index is 11.3. The van der Waals surface area contributed by atoms with Gasteiger partial charge < -0.3 is 9.47 Å². The van der Waals surface area contributed by atoms with E-state index in [1.807, 2.05) is 39.8 Å². The van der Waals surface area contributed by atoms with Crippen LogP contribution in [0.5, 0.6) is 23.0 Å². The molecule has 0 amide bonds. The second kappa shape index (κ2) is 12.6. The normalized spacial score (nSPS) is 18.2. The summed E-state index contributed by atoms with van der Waals surface area (Å²) in [6.45, 7) is 14.8. The summed E-state index contributed by atoms with van der Waals surface area (Å²) < 4.78 is 12.3. The first kappa shape index (κ1) is 32.7. The smallest absolute Gasteiger partial charge is 0.273 e. The molecule has 0 aliphatic heterocycles. The molecule has 5 rings (SSSR count). The molecule has 4 aromatic carbocycles. The van der Waals surface area contributed by atoms with Gasteiger partial charge in [-0.15, -0.1) is 0 Å². The predicted octanol–water partition coefficient (Wildman–Crippen LogP) is 10.7. The Morgan fingerprint density at radius 2 is 1.13 bits per heavy atom. The zero-order valence-corrected chi connectivity index (χ0v) is 27.7. The molecule has 1 aliphatic carbocycles. The van der Waals surface area contributed by atoms with Gasteiger partial charge in [0, 0.05) is 12.1 Å². The summed E-state index contributed by atoms with van der Waals surface area (Å²) in [5.41, 5.74) is 6.25. The lowest BCUT2D eigenvalue weighted by molar-refractivity contribution is -0.385. The summed E-state index contributed by atoms with van der Waals surface area (Å²) >= 11 is 0. The highest BCUT2D eigenvalue weighted by Gasteiger charge is 2.39. The van der Waals surface area contributed by atoms with Gasteiger partial charge in [-0.25, -0.2) is 0 Å². The van der Waals surface area contributed by atoms with E-state index in [1.54, 1.807) is 12.1 Å². The molecule has 0 saturated heterocycles. The molecule has 0 unspecified atom stereocenters. The Kier molecular flexibility index (Phi) is 8.94. The van der Waals surface area contributed by atoms with Crippen molar-refractivity contribution in [1.82, 2.24) is 0 Å². The van der Waals surface area contributed by atoms with Gasteiger partial charge in [0.15, 0.2) is 0 Å². The Morgan fingerprint density at radius 1 is 0.652 bits per heavy atom. The van der Waals surface area contributed by atoms with E-state index in [9.17, 15) is 20.2 Å². The van der Waals surface area contributed by atoms with Gasteiger partial charge in [0.05, 0.1) is 22.0 Å². The monoisotopic (exact) mass is 622 g/mol. The maximum Gasteiger partial charge on any atom is 0.273 e. The van der Waals surface area contributed by atoms with Crippen LogP contribution in [-0.4, -0.2) is 9.85 Å². The molecule has 1 aliphatic rings. The van der Waals surface area contributed by atoms with Gasteiger partial charge in [-0.2, -0.15) is 0 Å². The van der Waals surface area contributed by atoms with Crippen molar-refractivity contribution in [2.45, 2.75) is 85.0 Å². The zero-order valence-electron chi connectivity index (χ0n) is 27.7. The van der Waals surface area contributed by atoms with Crippen LogP contribution in [0.2, 0.25) is 0 Å². The van der Waals surface area contributed by atoms with E-state index in [-0.39, 0.29) is 22.2 Å². The predicted molar refractivity (Wildman–Crippen MR) is 181 cm³/mol. The van der Waals surface area contributed by atoms with E-state index in [0.717, 1.165) is 47.9 Å². The molecule has 0 bridgehead atoms. The number of benzene rings is 4. The molecular formula is C38H42N2O6. The lowest BCUT2D eigenvalue weighted by atomic mass is 9.60. The van der Waals surface area contributed by atoms with Gasteiger partial charge in [-0.3, -0.25) is 20.2 Å². The Bertz CT molecular complexity index is 1800. The molecule has 0 radical (unpaired) electrons. The van der Waals surface area contributed by atoms with Crippen LogP contribution in [0.3, 0.4) is 0 Å². The molecule has 0 atom stereocenters. The molecular weight excluding hydrogens is 580 g/mol. The summed E-state index contributed by atoms with van der Waals surface area (Å²) in [6, 6.07) is 22.0. The number of hydrogen-bond acceptors (Lipinski definition) is 6. The van der Waals surface area contributed by atoms with Crippen molar-refractivity contribution in [3.63, 3.8) is 0 Å². The molecule has 8 heteroatoms. The fraction of sp³-hybridized carbons (Fsp3) is 0.368. The van der Waals surface area contributed by atoms with E-state index >= 15 is 0 Å². The van der Waals surface area contributed by atoms with Gasteiger partial charge in [-0.05, 0) is 128 Å². The third-order valence-corrected chi connectivity index (χ3v) is 10.1. The van der Waals surface area contributed by atoms with Gasteiger partial charge in [0.1, 0.15) is 23.0 Å². The van der Waals surface area contributed by atoms with Crippen molar-refractivity contribution >= 4 is 11.4 Å². The molecule has 1 saturated carbocycles. The Labute approximate surface area is 270 Å². The number of nitro benzene ring substituents is 2. The van der Waals surface area contributed by atoms with Crippen LogP contribution in [0.4, 0.5) is 11.4 Å². The quantitative estimate of drug-likeness (QED) is 0.136. The van der Waals surface area contributed by atoms with Crippen molar-refractivity contribution in [2.24, 2.45) is 5.92 Å². The van der Waals surface area contributed by atoms with Crippen LogP contribution in [-0.2, 0) is 10.8 Å². The average Bonchev–Trinajstić information content (AvgIpc) is 3.01. The highest BCUT2D eigenvalue weighted by Crippen LogP contribution is 2.49. The second-order valence-corrected chi connectivity index (χ2v) is 13.6. The van der Waals surface area contributed by atoms with Crippen molar-refractivity contribution in [3.05, 3.63) is 126 Å². The molecule has 46 heavy (non-hydrogen) atoms. The van der Waals surface area contributed by atoms with E-state index in [4.69, 9.17) is 9.47 Å². The summed E-state index contributed by atoms with van der Waals surface area (Å²) in [7, 11) is 0. The molecule has 0 spiro atoms. The third kappa shape index (κ3) is 6.62. The van der Waals surface area contributed by atoms with Gasteiger partial charge in [0.2, 0.25) is 0 Å². The molecule has 4 aromatic rings. The Hall–Kier alpha value is -4.72. The molecule has 8 nitrogen and oxygen atoms in total. The van der Waals surface area contributed by atoms with Gasteiger partial charge in [0.25, 0.3) is 11.4 Å². The third-order valence-electron chi connectivity index (χ3n) is 10.1. The SMILES string of the molecule is Cc1cc(C2(C)CCC(C(C)(C)c3ccc(Oc4cc([N+](=O)[O-])ccc4C)c(C)c3)CC2)ccc1Oc1cc([N+](=O)[O-])ccc1C. The number of non-ortho nitro benzene ring substituents is 2. The van der Waals surface area contributed by atoms with E-state index in [1.165, 1.54) is 35.4 Å². The van der Waals surface area contributed by atoms with Crippen LogP contribution < -0.4 is 9.47 Å². The summed E-state index contributed by atoms with van der Waals surface area (Å²) in [6.07, 6.45) is 4.32. The van der Waals surface area contributed by atoms with Crippen LogP contribution in [0, 0.1) is 53.8 Å². The van der Waals surface area contributed by atoms with Gasteiger partial charge in [-0.1, -0.05) is 45.0 Å². The van der Waals surface area contributed by atoms with Gasteiger partial charge >= 0.3 is 0 Å². The van der Waals surface area contributed by atoms with Crippen LogP contribution in [0.15, 0.2) is 72.8 Å². The van der Waals surface area contributed by atoms with E-state index in [0.29, 0.717) is 28.9 Å². The fourth-order valence-corrected chi connectivity index (χ4v) is 6.67. The number of aryl methyl sites for hydroxylation is 4. The maximum absolute atomic E-state index is 11.3. The minimum absolute atomic E-state index is 0.00954. The van der Waals surface area contributed by atoms with Crippen molar-refractivity contribution in [1.29, 1.82) is 0 Å². The molecule has 0 aromatic heterocycles. The van der Waals surface area contributed by atoms with E-state index < -0.39 is 9.85 Å². The molecule has 240 valence electrons. The number of hydrogen-bond donors (Lipinski definition) is 0. The number of rotatable bonds is 9. The lowest BCUT2D eigenvalue weighted by Gasteiger charge is -2.44. The Morgan fingerprint density at radius 3 is 1.59 bits per heavy atom. The average molecular weight is 623 g/mol. The minimum atomic E-state index is -0.408. The first-order valence-electron chi connectivity index (χ1n) is 15.8. The second-order valence-electron chi connectivity index (χ2n) is 13.6. The Balaban J connectivity index is 1.27. The van der Waals surface area contributed by atoms with Crippen molar-refractivity contribution in [3.8, 4) is 23.0 Å². The minimum Gasteiger partial charge on any atom is -0.457 e. The lowest BCUT2D eigenvalue weighted by Crippen LogP contribution is -2.37. The van der Waals surface area contributed by atoms with Crippen LogP contribution in [0.25, 0.3) is 0 Å². The zero-order chi connectivity index (χ0) is 33.4. The number of nitro groups is 2. The van der Waals surface area contributed by atoms with Crippen molar-refractivity contribution in [2.75, 3.05) is 0 Å². The largest absolute Gasteiger partial charge is 0.457 e. The number of nitrogens with zero attached hydrogens (tertiary/aromatic N) is 2. The molecule has 1 fully saturated rings. The summed E-state index contributed by atoms with van der Waals surface area (Å²) in [5, 5.41) is 22.5. The fourth-order valence-electron chi connectivity index (χ4n) is 6.67. The molecule has 0 N–H and O–H groups in total. The number of ether oxygens (including phenoxy) is 2. The summed E-state index contributed by atoms with van der Waals surface area (Å²) in [4.78, 5) is 21.7. The van der Waals surface area contributed by atoms with Crippen LogP contribution in [0.1, 0.15) is 79.8 Å². The first-order chi connectivity index (χ1) is 21.7.